The van der Waals surface area contributed by atoms with Crippen molar-refractivity contribution in [2.24, 2.45) is 10.2 Å². The van der Waals surface area contributed by atoms with E-state index in [2.05, 4.69) is 10.2 Å². The topological polar surface area (TPSA) is 77.3 Å². The Morgan fingerprint density at radius 2 is 0.812 bits per heavy atom. The first-order valence-corrected chi connectivity index (χ1v) is 9.85. The maximum absolute atomic E-state index is 12.4. The van der Waals surface area contributed by atoms with E-state index in [0.717, 1.165) is 0 Å². The Hall–Kier alpha value is -4.58. The SMILES string of the molecule is O=C(Oc1ccccc1/N=N/c1ccccc1OC(=O)c1ccccc1)c1ccccc1. The standard InChI is InChI=1S/C26H18N2O4/c29-25(19-11-3-1-4-12-19)31-23-17-9-7-15-21(23)27-28-22-16-8-10-18-24(22)32-26(30)20-13-5-2-6-14-20/h1-18H/b28-27+. The quantitative estimate of drug-likeness (QED) is 0.201. The zero-order valence-electron chi connectivity index (χ0n) is 16.9. The zero-order valence-corrected chi connectivity index (χ0v) is 16.9. The number of hydrogen-bond donors (Lipinski definition) is 0. The summed E-state index contributed by atoms with van der Waals surface area (Å²) in [6.45, 7) is 0. The summed E-state index contributed by atoms with van der Waals surface area (Å²) in [6, 6.07) is 31.0. The molecule has 0 fully saturated rings. The van der Waals surface area contributed by atoms with Gasteiger partial charge in [-0.2, -0.15) is 0 Å². The van der Waals surface area contributed by atoms with Gasteiger partial charge in [-0.3, -0.25) is 0 Å². The molecule has 4 aromatic rings. The zero-order chi connectivity index (χ0) is 22.2. The van der Waals surface area contributed by atoms with Crippen LogP contribution in [0.2, 0.25) is 0 Å². The van der Waals surface area contributed by atoms with Crippen molar-refractivity contribution in [2.75, 3.05) is 0 Å². The molecule has 0 N–H and O–H groups in total. The molecule has 0 saturated carbocycles. The minimum absolute atomic E-state index is 0.267. The number of para-hydroxylation sites is 2. The number of ether oxygens (including phenoxy) is 2. The summed E-state index contributed by atoms with van der Waals surface area (Å²) in [7, 11) is 0. The second-order valence-corrected chi connectivity index (χ2v) is 6.65. The summed E-state index contributed by atoms with van der Waals surface area (Å²) >= 11 is 0. The third-order valence-electron chi connectivity index (χ3n) is 4.42. The van der Waals surface area contributed by atoms with Gasteiger partial charge in [0.25, 0.3) is 0 Å². The predicted octanol–water partition coefficient (Wildman–Crippen LogP) is 6.54. The third kappa shape index (κ3) is 5.12. The number of benzene rings is 4. The van der Waals surface area contributed by atoms with Crippen molar-refractivity contribution in [1.82, 2.24) is 0 Å². The molecule has 0 atom stereocenters. The predicted molar refractivity (Wildman–Crippen MR) is 120 cm³/mol. The highest BCUT2D eigenvalue weighted by molar-refractivity contribution is 5.92. The largest absolute Gasteiger partial charge is 0.421 e. The Bertz CT molecular complexity index is 1160. The highest BCUT2D eigenvalue weighted by Gasteiger charge is 2.13. The van der Waals surface area contributed by atoms with E-state index in [9.17, 15) is 9.59 Å². The molecule has 4 rings (SSSR count). The molecule has 32 heavy (non-hydrogen) atoms. The number of hydrogen-bond acceptors (Lipinski definition) is 6. The summed E-state index contributed by atoms with van der Waals surface area (Å²) in [5, 5.41) is 8.44. The molecule has 0 aliphatic rings. The summed E-state index contributed by atoms with van der Waals surface area (Å²) < 4.78 is 11.0. The van der Waals surface area contributed by atoms with Crippen molar-refractivity contribution in [3.63, 3.8) is 0 Å². The minimum Gasteiger partial charge on any atom is -0.421 e. The van der Waals surface area contributed by atoms with E-state index in [1.807, 2.05) is 12.1 Å². The Balaban J connectivity index is 1.54. The molecule has 156 valence electrons. The molecule has 0 amide bonds. The smallest absolute Gasteiger partial charge is 0.343 e. The lowest BCUT2D eigenvalue weighted by molar-refractivity contribution is 0.0725. The van der Waals surface area contributed by atoms with Crippen LogP contribution in [0.3, 0.4) is 0 Å². The molecule has 6 nitrogen and oxygen atoms in total. The average Bonchev–Trinajstić information content (AvgIpc) is 2.85. The van der Waals surface area contributed by atoms with E-state index in [-0.39, 0.29) is 11.5 Å². The number of carbonyl (C=O) groups is 2. The van der Waals surface area contributed by atoms with Gasteiger partial charge in [-0.05, 0) is 48.5 Å². The summed E-state index contributed by atoms with van der Waals surface area (Å²) in [6.07, 6.45) is 0. The summed E-state index contributed by atoms with van der Waals surface area (Å²) in [5.74, 6) is -0.455. The summed E-state index contributed by atoms with van der Waals surface area (Å²) in [5.41, 5.74) is 1.58. The lowest BCUT2D eigenvalue weighted by Gasteiger charge is -2.08. The van der Waals surface area contributed by atoms with Gasteiger partial charge in [0.15, 0.2) is 11.5 Å². The van der Waals surface area contributed by atoms with Gasteiger partial charge in [-0.25, -0.2) is 9.59 Å². The molecule has 6 heteroatoms. The van der Waals surface area contributed by atoms with Crippen LogP contribution < -0.4 is 9.47 Å². The van der Waals surface area contributed by atoms with Crippen LogP contribution in [0.15, 0.2) is 119 Å². The van der Waals surface area contributed by atoms with E-state index < -0.39 is 11.9 Å². The van der Waals surface area contributed by atoms with Gasteiger partial charge in [0.1, 0.15) is 11.4 Å². The van der Waals surface area contributed by atoms with Crippen molar-refractivity contribution in [2.45, 2.75) is 0 Å². The number of nitrogens with zero attached hydrogens (tertiary/aromatic N) is 2. The van der Waals surface area contributed by atoms with Crippen molar-refractivity contribution >= 4 is 23.3 Å². The average molecular weight is 422 g/mol. The van der Waals surface area contributed by atoms with E-state index in [1.54, 1.807) is 97.1 Å². The molecule has 0 aliphatic carbocycles. The first-order chi connectivity index (χ1) is 15.7. The van der Waals surface area contributed by atoms with Crippen LogP contribution in [0.25, 0.3) is 0 Å². The monoisotopic (exact) mass is 422 g/mol. The van der Waals surface area contributed by atoms with Crippen LogP contribution in [0.4, 0.5) is 11.4 Å². The van der Waals surface area contributed by atoms with Crippen LogP contribution in [-0.2, 0) is 0 Å². The lowest BCUT2D eigenvalue weighted by Crippen LogP contribution is -2.08. The molecular weight excluding hydrogens is 404 g/mol. The van der Waals surface area contributed by atoms with Gasteiger partial charge in [0.2, 0.25) is 0 Å². The fourth-order valence-electron chi connectivity index (χ4n) is 2.83. The normalized spacial score (nSPS) is 10.6. The van der Waals surface area contributed by atoms with Crippen molar-refractivity contribution in [3.05, 3.63) is 120 Å². The molecule has 0 heterocycles. The van der Waals surface area contributed by atoms with Crippen LogP contribution in [0.5, 0.6) is 11.5 Å². The van der Waals surface area contributed by atoms with Gasteiger partial charge in [0, 0.05) is 0 Å². The van der Waals surface area contributed by atoms with Gasteiger partial charge in [-0.15, -0.1) is 10.2 Å². The highest BCUT2D eigenvalue weighted by Crippen LogP contribution is 2.33. The number of esters is 2. The molecule has 0 aliphatic heterocycles. The Morgan fingerprint density at radius 1 is 0.469 bits per heavy atom. The molecule has 0 radical (unpaired) electrons. The fraction of sp³-hybridized carbons (Fsp3) is 0. The van der Waals surface area contributed by atoms with E-state index >= 15 is 0 Å². The Morgan fingerprint density at radius 3 is 1.22 bits per heavy atom. The first-order valence-electron chi connectivity index (χ1n) is 9.85. The molecule has 4 aromatic carbocycles. The third-order valence-corrected chi connectivity index (χ3v) is 4.42. The lowest BCUT2D eigenvalue weighted by atomic mass is 10.2. The molecule has 0 unspecified atom stereocenters. The first kappa shape index (κ1) is 20.7. The number of rotatable bonds is 6. The van der Waals surface area contributed by atoms with E-state index in [0.29, 0.717) is 22.5 Å². The van der Waals surface area contributed by atoms with Crippen molar-refractivity contribution in [3.8, 4) is 11.5 Å². The van der Waals surface area contributed by atoms with E-state index in [4.69, 9.17) is 9.47 Å². The van der Waals surface area contributed by atoms with Gasteiger partial charge in [0.05, 0.1) is 11.1 Å². The Kier molecular flexibility index (Phi) is 6.43. The second-order valence-electron chi connectivity index (χ2n) is 6.65. The van der Waals surface area contributed by atoms with Crippen LogP contribution in [0, 0.1) is 0 Å². The molecule has 0 spiro atoms. The minimum atomic E-state index is -0.495. The number of azo groups is 1. The molecule has 0 saturated heterocycles. The van der Waals surface area contributed by atoms with Crippen LogP contribution in [0.1, 0.15) is 20.7 Å². The van der Waals surface area contributed by atoms with Crippen LogP contribution in [-0.4, -0.2) is 11.9 Å². The van der Waals surface area contributed by atoms with Crippen molar-refractivity contribution in [1.29, 1.82) is 0 Å². The maximum Gasteiger partial charge on any atom is 0.343 e. The second kappa shape index (κ2) is 9.95. The molecule has 0 aromatic heterocycles. The molecular formula is C26H18N2O4. The van der Waals surface area contributed by atoms with Crippen molar-refractivity contribution < 1.29 is 19.1 Å². The van der Waals surface area contributed by atoms with Crippen LogP contribution >= 0.6 is 0 Å². The summed E-state index contributed by atoms with van der Waals surface area (Å²) in [4.78, 5) is 24.8. The van der Waals surface area contributed by atoms with E-state index in [1.165, 1.54) is 0 Å². The molecule has 0 bridgehead atoms. The highest BCUT2D eigenvalue weighted by atomic mass is 16.5. The van der Waals surface area contributed by atoms with Gasteiger partial charge < -0.3 is 9.47 Å². The van der Waals surface area contributed by atoms with Gasteiger partial charge >= 0.3 is 11.9 Å². The number of carbonyl (C=O) groups excluding carboxylic acids is 2. The Labute approximate surface area is 184 Å². The maximum atomic E-state index is 12.4. The van der Waals surface area contributed by atoms with Gasteiger partial charge in [-0.1, -0.05) is 60.7 Å². The fourth-order valence-corrected chi connectivity index (χ4v) is 2.83.